The number of hydrogen-bond acceptors (Lipinski definition) is 1. The van der Waals surface area contributed by atoms with Crippen molar-refractivity contribution in [3.05, 3.63) is 154 Å². The maximum absolute atomic E-state index is 5.95. The van der Waals surface area contributed by atoms with Crippen molar-refractivity contribution in [2.24, 2.45) is 0 Å². The minimum absolute atomic E-state index is 0. The molecule has 49 heavy (non-hydrogen) atoms. The van der Waals surface area contributed by atoms with Gasteiger partial charge in [-0.3, -0.25) is 0 Å². The van der Waals surface area contributed by atoms with Crippen LogP contribution in [0.2, 0.25) is 0 Å². The van der Waals surface area contributed by atoms with Crippen molar-refractivity contribution in [1.82, 2.24) is 0 Å². The Morgan fingerprint density at radius 1 is 0.796 bits per heavy atom. The molecule has 4 aromatic carbocycles. The van der Waals surface area contributed by atoms with Gasteiger partial charge >= 0.3 is 30.2 Å². The van der Waals surface area contributed by atoms with Crippen LogP contribution in [0.3, 0.4) is 0 Å². The Morgan fingerprint density at radius 2 is 1.39 bits per heavy atom. The molecular weight excluding hydrogens is 688 g/mol. The first-order chi connectivity index (χ1) is 22.3. The molecule has 4 aromatic rings. The van der Waals surface area contributed by atoms with Crippen LogP contribution in [0.25, 0.3) is 21.9 Å². The van der Waals surface area contributed by atoms with Gasteiger partial charge in [-0.1, -0.05) is 104 Å². The second-order valence-corrected chi connectivity index (χ2v) is 14.7. The van der Waals surface area contributed by atoms with Crippen LogP contribution in [-0.2, 0) is 28.8 Å². The molecule has 3 aliphatic rings. The van der Waals surface area contributed by atoms with Gasteiger partial charge in [0.05, 0.1) is 7.11 Å². The molecule has 0 amide bonds. The van der Waals surface area contributed by atoms with Gasteiger partial charge in [-0.05, 0) is 80.5 Å². The molecule has 1 nitrogen and oxygen atoms in total. The van der Waals surface area contributed by atoms with E-state index in [0.717, 1.165) is 5.75 Å². The summed E-state index contributed by atoms with van der Waals surface area (Å²) in [5.74, 6) is 1.47. The third-order valence-corrected chi connectivity index (χ3v) is 9.50. The summed E-state index contributed by atoms with van der Waals surface area (Å²) >= 11 is 1.36. The predicted molar refractivity (Wildman–Crippen MR) is 211 cm³/mol. The number of hydrogen-bond donors (Lipinski definition) is 0. The zero-order valence-electron chi connectivity index (χ0n) is 32.0. The molecule has 0 aliphatic heterocycles. The molecule has 0 heterocycles. The molecule has 0 saturated heterocycles. The second-order valence-electron chi connectivity index (χ2n) is 14.7. The van der Waals surface area contributed by atoms with Crippen molar-refractivity contribution < 1.29 is 28.1 Å². The minimum atomic E-state index is 0. The first-order valence-electron chi connectivity index (χ1n) is 16.8. The van der Waals surface area contributed by atoms with Crippen LogP contribution in [0, 0.1) is 55.5 Å². The van der Waals surface area contributed by atoms with E-state index in [9.17, 15) is 0 Å². The second kappa shape index (κ2) is 16.4. The van der Waals surface area contributed by atoms with Crippen LogP contribution in [0.1, 0.15) is 91.8 Å². The molecule has 0 N–H and O–H groups in total. The molecule has 1 unspecified atom stereocenters. The summed E-state index contributed by atoms with van der Waals surface area (Å²) in [6.45, 7) is 22.9. The van der Waals surface area contributed by atoms with Crippen LogP contribution in [0.15, 0.2) is 94.6 Å². The van der Waals surface area contributed by atoms with Gasteiger partial charge in [-0.15, -0.1) is 46.2 Å². The Bertz CT molecular complexity index is 1930. The van der Waals surface area contributed by atoms with E-state index in [1.807, 2.05) is 0 Å². The third kappa shape index (κ3) is 8.54. The van der Waals surface area contributed by atoms with Crippen molar-refractivity contribution in [3.8, 4) is 16.9 Å². The molecule has 0 spiro atoms. The van der Waals surface area contributed by atoms with Gasteiger partial charge in [-0.2, -0.15) is 23.3 Å². The van der Waals surface area contributed by atoms with E-state index in [-0.39, 0.29) is 20.3 Å². The van der Waals surface area contributed by atoms with Gasteiger partial charge in [0, 0.05) is 0 Å². The quantitative estimate of drug-likeness (QED) is 0.150. The molecule has 0 bridgehead atoms. The molecule has 0 fully saturated rings. The summed E-state index contributed by atoms with van der Waals surface area (Å²) in [6.07, 6.45) is 12.1. The molecule has 1 atom stereocenters. The molecule has 3 heteroatoms. The van der Waals surface area contributed by atoms with Crippen molar-refractivity contribution in [1.29, 1.82) is 0 Å². The van der Waals surface area contributed by atoms with Crippen LogP contribution < -0.4 is 4.74 Å². The van der Waals surface area contributed by atoms with E-state index < -0.39 is 0 Å². The number of rotatable bonds is 3. The topological polar surface area (TPSA) is 9.23 Å². The van der Waals surface area contributed by atoms with E-state index in [1.165, 1.54) is 120 Å². The standard InChI is InChI=1S/C23H27O.C21H21.2CH3.Si.Zr/c1-14-8-15(2)11-18(10-14)21-19-12-16(3)9-17(19)13-20(22(21)24-7)23(4,5)6;1-13-7-14(2)10-18(9-13)21-19-6-4-5-16(19)12-17-8-15(3)11-20(17)21;;;;/h8-13H,1-7H3;7,9-12,21H,4-6H2,1-3H3;2*1H3;;/q4*-1;;. The summed E-state index contributed by atoms with van der Waals surface area (Å²) in [6, 6.07) is 20.6. The van der Waals surface area contributed by atoms with E-state index in [1.54, 1.807) is 18.3 Å². The number of benzene rings is 3. The van der Waals surface area contributed by atoms with Gasteiger partial charge in [0.1, 0.15) is 5.75 Å². The summed E-state index contributed by atoms with van der Waals surface area (Å²) in [7, 11) is 1.79. The molecule has 7 rings (SSSR count). The van der Waals surface area contributed by atoms with Gasteiger partial charge < -0.3 is 19.6 Å². The fourth-order valence-electron chi connectivity index (χ4n) is 7.86. The Hall–Kier alpha value is -2.87. The van der Waals surface area contributed by atoms with Gasteiger partial charge in [0.15, 0.2) is 0 Å². The first kappa shape index (κ1) is 40.6. The SMILES string of the molecule is CC1=[C-]C2=CC3=C(CCC3)C(c3cc(C)cc(C)c3)C2=C1.COc1c(C(C)(C)C)cc2[cH-]c(C)cc2c1-c1cc(C)cc(C)c1.[CH3-].[CH3-].[Si]=[Zr]. The number of allylic oxidation sites excluding steroid dienone is 8. The number of aryl methyl sites for hydroxylation is 5. The number of fused-ring (bicyclic) bond motifs is 2. The van der Waals surface area contributed by atoms with Crippen molar-refractivity contribution >= 4 is 17.7 Å². The average Bonchev–Trinajstić information content (AvgIpc) is 3.71. The van der Waals surface area contributed by atoms with Gasteiger partial charge in [0.2, 0.25) is 0 Å². The molecule has 0 saturated carbocycles. The fourth-order valence-corrected chi connectivity index (χ4v) is 7.86. The normalized spacial score (nSPS) is 16.0. The Kier molecular flexibility index (Phi) is 13.6. The van der Waals surface area contributed by atoms with Crippen molar-refractivity contribution in [3.63, 3.8) is 0 Å². The van der Waals surface area contributed by atoms with E-state index in [0.29, 0.717) is 5.92 Å². The molecule has 3 aliphatic carbocycles. The van der Waals surface area contributed by atoms with Crippen LogP contribution in [0.5, 0.6) is 5.75 Å². The third-order valence-electron chi connectivity index (χ3n) is 9.50. The van der Waals surface area contributed by atoms with Crippen LogP contribution >= 0.6 is 0 Å². The molecule has 2 radical (unpaired) electrons. The van der Waals surface area contributed by atoms with E-state index in [4.69, 9.17) is 4.74 Å². The number of methoxy groups -OCH3 is 1. The summed E-state index contributed by atoms with van der Waals surface area (Å²) in [4.78, 5) is 0. The van der Waals surface area contributed by atoms with Gasteiger partial charge in [0.25, 0.3) is 0 Å². The number of ether oxygens (including phenoxy) is 1. The van der Waals surface area contributed by atoms with Gasteiger partial charge in [-0.25, -0.2) is 0 Å². The maximum atomic E-state index is 5.95. The predicted octanol–water partition coefficient (Wildman–Crippen LogP) is 12.5. The summed E-state index contributed by atoms with van der Waals surface area (Å²) in [5, 5.41) is 2.58. The fraction of sp³-hybridized carbons (Fsp3) is 0.326. The molecule has 256 valence electrons. The van der Waals surface area contributed by atoms with Crippen molar-refractivity contribution in [2.75, 3.05) is 7.11 Å². The van der Waals surface area contributed by atoms with Crippen LogP contribution in [-0.4, -0.2) is 14.0 Å². The van der Waals surface area contributed by atoms with E-state index >= 15 is 0 Å². The summed E-state index contributed by atoms with van der Waals surface area (Å²) in [5.41, 5.74) is 19.1. The Labute approximate surface area is 315 Å². The monoisotopic (exact) mass is 740 g/mol. The Morgan fingerprint density at radius 3 is 1.96 bits per heavy atom. The van der Waals surface area contributed by atoms with E-state index in [2.05, 4.69) is 142 Å². The van der Waals surface area contributed by atoms with Crippen molar-refractivity contribution in [2.45, 2.75) is 92.9 Å². The molecule has 0 aromatic heterocycles. The average molecular weight is 742 g/mol. The van der Waals surface area contributed by atoms with Crippen LogP contribution in [0.4, 0.5) is 0 Å². The first-order valence-corrected chi connectivity index (χ1v) is 21.0. The molecular formula is C46H54OSiZr-4. The Balaban J connectivity index is 0.000000245. The zero-order chi connectivity index (χ0) is 34.2. The zero-order valence-corrected chi connectivity index (χ0v) is 35.4. The summed E-state index contributed by atoms with van der Waals surface area (Å²) < 4.78 is 5.95.